The average molecular weight is 388 g/mol. The molecule has 0 radical (unpaired) electrons. The van der Waals surface area contributed by atoms with Crippen LogP contribution in [0.4, 0.5) is 0 Å². The second-order valence-electron chi connectivity index (χ2n) is 6.62. The molecule has 4 rings (SSSR count). The van der Waals surface area contributed by atoms with Crippen molar-refractivity contribution in [1.82, 2.24) is 14.6 Å². The normalized spacial score (nSPS) is 23.4. The van der Waals surface area contributed by atoms with Crippen molar-refractivity contribution < 1.29 is 4.84 Å². The summed E-state index contributed by atoms with van der Waals surface area (Å²) in [5, 5.41) is 3.42. The molecule has 0 bridgehead atoms. The first kappa shape index (κ1) is 17.6. The maximum absolute atomic E-state index is 6.26. The van der Waals surface area contributed by atoms with Crippen LogP contribution in [0.5, 0.6) is 0 Å². The fourth-order valence-electron chi connectivity index (χ4n) is 3.62. The second-order valence-corrected chi connectivity index (χ2v) is 7.49. The predicted molar refractivity (Wildman–Crippen MR) is 103 cm³/mol. The van der Waals surface area contributed by atoms with E-state index in [-0.39, 0.29) is 11.6 Å². The first-order valence-corrected chi connectivity index (χ1v) is 9.20. The fraction of sp³-hybridized carbons (Fsp3) is 0.250. The third-order valence-corrected chi connectivity index (χ3v) is 5.54. The van der Waals surface area contributed by atoms with Crippen LogP contribution in [0.15, 0.2) is 67.3 Å². The standard InChI is InChI=1S/C20H19Cl2N3O/c1-24-20(13-25-11-10-23-14-25,16-4-8-18(22)9-5-16)12-19(26-24)15-2-6-17(21)7-3-15/h2-11,14,19H,12-13H2,1H3/t19-,20+/m0/s1. The fourth-order valence-corrected chi connectivity index (χ4v) is 3.87. The van der Waals surface area contributed by atoms with E-state index < -0.39 is 0 Å². The van der Waals surface area contributed by atoms with Gasteiger partial charge in [-0.05, 0) is 35.4 Å². The number of nitrogens with zero attached hydrogens (tertiary/aromatic N) is 3. The van der Waals surface area contributed by atoms with Crippen molar-refractivity contribution in [2.75, 3.05) is 7.05 Å². The Balaban J connectivity index is 1.72. The van der Waals surface area contributed by atoms with E-state index in [2.05, 4.69) is 21.7 Å². The maximum Gasteiger partial charge on any atom is 0.107 e. The molecule has 4 nitrogen and oxygen atoms in total. The van der Waals surface area contributed by atoms with Crippen molar-refractivity contribution in [3.63, 3.8) is 0 Å². The van der Waals surface area contributed by atoms with E-state index in [1.54, 1.807) is 6.20 Å². The summed E-state index contributed by atoms with van der Waals surface area (Å²) in [6, 6.07) is 15.8. The summed E-state index contributed by atoms with van der Waals surface area (Å²) < 4.78 is 2.08. The molecule has 0 spiro atoms. The summed E-state index contributed by atoms with van der Waals surface area (Å²) >= 11 is 12.1. The van der Waals surface area contributed by atoms with Crippen LogP contribution in [0.2, 0.25) is 10.0 Å². The predicted octanol–water partition coefficient (Wildman–Crippen LogP) is 5.09. The Kier molecular flexibility index (Phi) is 4.76. The van der Waals surface area contributed by atoms with Gasteiger partial charge >= 0.3 is 0 Å². The van der Waals surface area contributed by atoms with Crippen LogP contribution < -0.4 is 0 Å². The van der Waals surface area contributed by atoms with E-state index in [4.69, 9.17) is 28.0 Å². The first-order chi connectivity index (χ1) is 12.6. The molecule has 0 unspecified atom stereocenters. The lowest BCUT2D eigenvalue weighted by molar-refractivity contribution is -0.176. The third kappa shape index (κ3) is 3.26. The molecule has 0 amide bonds. The monoisotopic (exact) mass is 387 g/mol. The molecule has 6 heteroatoms. The molecule has 0 saturated carbocycles. The van der Waals surface area contributed by atoms with Gasteiger partial charge in [-0.25, -0.2) is 4.98 Å². The van der Waals surface area contributed by atoms with Gasteiger partial charge in [0.2, 0.25) is 0 Å². The van der Waals surface area contributed by atoms with Crippen molar-refractivity contribution in [2.45, 2.75) is 24.6 Å². The Morgan fingerprint density at radius 1 is 1.08 bits per heavy atom. The summed E-state index contributed by atoms with van der Waals surface area (Å²) in [4.78, 5) is 10.4. The van der Waals surface area contributed by atoms with Gasteiger partial charge in [0.25, 0.3) is 0 Å². The van der Waals surface area contributed by atoms with Crippen molar-refractivity contribution in [1.29, 1.82) is 0 Å². The molecule has 1 fully saturated rings. The highest BCUT2D eigenvalue weighted by atomic mass is 35.5. The van der Waals surface area contributed by atoms with E-state index in [0.29, 0.717) is 0 Å². The number of aromatic nitrogens is 2. The van der Waals surface area contributed by atoms with Gasteiger partial charge in [-0.15, -0.1) is 0 Å². The van der Waals surface area contributed by atoms with Crippen LogP contribution in [0.3, 0.4) is 0 Å². The Morgan fingerprint density at radius 2 is 1.73 bits per heavy atom. The lowest BCUT2D eigenvalue weighted by atomic mass is 9.83. The molecule has 1 saturated heterocycles. The van der Waals surface area contributed by atoms with Crippen LogP contribution in [0.1, 0.15) is 23.7 Å². The van der Waals surface area contributed by atoms with Crippen molar-refractivity contribution in [2.24, 2.45) is 0 Å². The lowest BCUT2D eigenvalue weighted by Gasteiger charge is -2.34. The van der Waals surface area contributed by atoms with Crippen LogP contribution >= 0.6 is 23.2 Å². The van der Waals surface area contributed by atoms with Crippen molar-refractivity contribution >= 4 is 23.2 Å². The van der Waals surface area contributed by atoms with Crippen LogP contribution in [0, 0.1) is 0 Å². The van der Waals surface area contributed by atoms with Crippen molar-refractivity contribution in [3.05, 3.63) is 88.4 Å². The summed E-state index contributed by atoms with van der Waals surface area (Å²) in [5.74, 6) is 0. The van der Waals surface area contributed by atoms with E-state index in [9.17, 15) is 0 Å². The smallest absolute Gasteiger partial charge is 0.107 e. The topological polar surface area (TPSA) is 30.3 Å². The van der Waals surface area contributed by atoms with Crippen molar-refractivity contribution in [3.8, 4) is 0 Å². The number of hydrogen-bond donors (Lipinski definition) is 0. The summed E-state index contributed by atoms with van der Waals surface area (Å²) in [6.45, 7) is 0.731. The summed E-state index contributed by atoms with van der Waals surface area (Å²) in [5.41, 5.74) is 1.95. The zero-order valence-electron chi connectivity index (χ0n) is 14.3. The Bertz CT molecular complexity index is 865. The van der Waals surface area contributed by atoms with Gasteiger partial charge in [0.1, 0.15) is 6.10 Å². The highest BCUT2D eigenvalue weighted by Crippen LogP contribution is 2.47. The SMILES string of the molecule is CN1O[C@H](c2ccc(Cl)cc2)C[C@@]1(Cn1ccnc1)c1ccc(Cl)cc1. The first-order valence-electron chi connectivity index (χ1n) is 8.45. The molecule has 1 aliphatic rings. The molecular weight excluding hydrogens is 369 g/mol. The maximum atomic E-state index is 6.26. The third-order valence-electron chi connectivity index (χ3n) is 5.04. The molecule has 1 aromatic heterocycles. The van der Waals surface area contributed by atoms with E-state index in [1.165, 1.54) is 0 Å². The van der Waals surface area contributed by atoms with Gasteiger partial charge in [0.15, 0.2) is 0 Å². The minimum absolute atomic E-state index is 0.0449. The van der Waals surface area contributed by atoms with Gasteiger partial charge in [-0.2, -0.15) is 5.06 Å². The highest BCUT2D eigenvalue weighted by Gasteiger charge is 2.47. The number of hydroxylamine groups is 2. The van der Waals surface area contributed by atoms with E-state index >= 15 is 0 Å². The van der Waals surface area contributed by atoms with E-state index in [1.807, 2.05) is 61.0 Å². The van der Waals surface area contributed by atoms with Gasteiger partial charge in [0.05, 0.1) is 11.9 Å². The Morgan fingerprint density at radius 3 is 2.35 bits per heavy atom. The zero-order chi connectivity index (χ0) is 18.1. The van der Waals surface area contributed by atoms with Gasteiger partial charge in [0, 0.05) is 42.5 Å². The van der Waals surface area contributed by atoms with Crippen LogP contribution in [-0.4, -0.2) is 21.7 Å². The van der Waals surface area contributed by atoms with Gasteiger partial charge in [-0.1, -0.05) is 47.5 Å². The Hall–Kier alpha value is -1.85. The molecule has 1 aliphatic heterocycles. The van der Waals surface area contributed by atoms with Gasteiger partial charge < -0.3 is 4.57 Å². The highest BCUT2D eigenvalue weighted by molar-refractivity contribution is 6.30. The zero-order valence-corrected chi connectivity index (χ0v) is 15.9. The molecule has 26 heavy (non-hydrogen) atoms. The molecule has 2 heterocycles. The van der Waals surface area contributed by atoms with E-state index in [0.717, 1.165) is 34.1 Å². The number of halogens is 2. The molecule has 2 atom stereocenters. The molecule has 134 valence electrons. The molecule has 2 aromatic carbocycles. The quantitative estimate of drug-likeness (QED) is 0.624. The number of imidazole rings is 1. The molecular formula is C20H19Cl2N3O. The van der Waals surface area contributed by atoms with Gasteiger partial charge in [-0.3, -0.25) is 4.84 Å². The average Bonchev–Trinajstić information content (AvgIpc) is 3.25. The number of likely N-dealkylation sites (N-methyl/N-ethyl adjacent to an activating group) is 1. The number of benzene rings is 2. The molecule has 0 N–H and O–H groups in total. The summed E-state index contributed by atoms with van der Waals surface area (Å²) in [6.07, 6.45) is 6.37. The lowest BCUT2D eigenvalue weighted by Crippen LogP contribution is -2.41. The minimum Gasteiger partial charge on any atom is -0.335 e. The minimum atomic E-state index is -0.324. The number of hydrogen-bond acceptors (Lipinski definition) is 3. The summed E-state index contributed by atoms with van der Waals surface area (Å²) in [7, 11) is 1.99. The Labute approximate surface area is 162 Å². The largest absolute Gasteiger partial charge is 0.335 e. The van der Waals surface area contributed by atoms with Crippen LogP contribution in [-0.2, 0) is 16.9 Å². The number of rotatable bonds is 4. The van der Waals surface area contributed by atoms with Crippen LogP contribution in [0.25, 0.3) is 0 Å². The second kappa shape index (κ2) is 7.05. The molecule has 3 aromatic rings. The molecule has 0 aliphatic carbocycles.